The monoisotopic (exact) mass is 236 g/mol. The van der Waals surface area contributed by atoms with Gasteiger partial charge in [0.2, 0.25) is 5.96 Å². The molecule has 0 spiro atoms. The van der Waals surface area contributed by atoms with E-state index in [0.29, 0.717) is 0 Å². The molecule has 0 saturated carbocycles. The standard InChI is InChI=1S/C7H7Cl2FN4/c8-4-1-3(10)2-5(9)6(4)13-7(11)14-12/h1-2H,12H2,(H3,11,13,14). The molecule has 76 valence electrons. The summed E-state index contributed by atoms with van der Waals surface area (Å²) in [6, 6.07) is 2.16. The first-order valence-electron chi connectivity index (χ1n) is 3.50. The third-order valence-electron chi connectivity index (χ3n) is 1.36. The quantitative estimate of drug-likeness (QED) is 0.300. The van der Waals surface area contributed by atoms with Crippen LogP contribution in [0.2, 0.25) is 10.0 Å². The van der Waals surface area contributed by atoms with Crippen LogP contribution in [-0.2, 0) is 0 Å². The molecule has 0 aliphatic rings. The Morgan fingerprint density at radius 3 is 2.29 bits per heavy atom. The van der Waals surface area contributed by atoms with Crippen LogP contribution < -0.4 is 17.0 Å². The fourth-order valence-electron chi connectivity index (χ4n) is 0.794. The summed E-state index contributed by atoms with van der Waals surface area (Å²) in [5, 5.41) is 0.126. The summed E-state index contributed by atoms with van der Waals surface area (Å²) in [6.45, 7) is 0. The van der Waals surface area contributed by atoms with Gasteiger partial charge in [0, 0.05) is 0 Å². The Labute approximate surface area is 89.7 Å². The summed E-state index contributed by atoms with van der Waals surface area (Å²) in [7, 11) is 0. The number of nitrogens with zero attached hydrogens (tertiary/aromatic N) is 1. The topological polar surface area (TPSA) is 76.4 Å². The fourth-order valence-corrected chi connectivity index (χ4v) is 1.34. The predicted octanol–water partition coefficient (Wildman–Crippen LogP) is 1.54. The van der Waals surface area contributed by atoms with E-state index in [1.807, 2.05) is 0 Å². The molecular formula is C7H7Cl2FN4. The van der Waals surface area contributed by atoms with Crippen LogP contribution in [0.1, 0.15) is 0 Å². The molecule has 0 amide bonds. The Hall–Kier alpha value is -1.04. The number of halogens is 3. The van der Waals surface area contributed by atoms with Gasteiger partial charge in [-0.25, -0.2) is 15.2 Å². The van der Waals surface area contributed by atoms with Crippen molar-refractivity contribution in [1.29, 1.82) is 0 Å². The lowest BCUT2D eigenvalue weighted by Crippen LogP contribution is -2.36. The van der Waals surface area contributed by atoms with Crippen LogP contribution in [0.25, 0.3) is 0 Å². The number of rotatable bonds is 1. The van der Waals surface area contributed by atoms with E-state index < -0.39 is 5.82 Å². The average molecular weight is 237 g/mol. The van der Waals surface area contributed by atoms with Crippen molar-refractivity contribution in [2.75, 3.05) is 0 Å². The first-order chi connectivity index (χ1) is 6.54. The van der Waals surface area contributed by atoms with E-state index in [4.69, 9.17) is 34.8 Å². The van der Waals surface area contributed by atoms with Crippen molar-refractivity contribution in [3.63, 3.8) is 0 Å². The van der Waals surface area contributed by atoms with Crippen LogP contribution in [0.3, 0.4) is 0 Å². The molecule has 1 rings (SSSR count). The normalized spacial score (nSPS) is 11.6. The van der Waals surface area contributed by atoms with E-state index in [0.717, 1.165) is 12.1 Å². The maximum Gasteiger partial charge on any atom is 0.208 e. The van der Waals surface area contributed by atoms with E-state index in [9.17, 15) is 4.39 Å². The zero-order valence-electron chi connectivity index (χ0n) is 6.89. The zero-order valence-corrected chi connectivity index (χ0v) is 8.40. The SMILES string of the molecule is NNC(N)=Nc1c(Cl)cc(F)cc1Cl. The molecule has 1 aromatic rings. The van der Waals surface area contributed by atoms with Crippen LogP contribution in [0.15, 0.2) is 17.1 Å². The Kier molecular flexibility index (Phi) is 3.51. The smallest absolute Gasteiger partial charge is 0.208 e. The molecule has 0 fully saturated rings. The van der Waals surface area contributed by atoms with Gasteiger partial charge in [0.25, 0.3) is 0 Å². The maximum atomic E-state index is 12.7. The summed E-state index contributed by atoms with van der Waals surface area (Å²) in [5.41, 5.74) is 7.55. The Morgan fingerprint density at radius 1 is 1.36 bits per heavy atom. The van der Waals surface area contributed by atoms with Gasteiger partial charge in [-0.3, -0.25) is 5.43 Å². The highest BCUT2D eigenvalue weighted by Gasteiger charge is 2.07. The third-order valence-corrected chi connectivity index (χ3v) is 1.94. The second-order valence-corrected chi connectivity index (χ2v) is 3.17. The highest BCUT2D eigenvalue weighted by Crippen LogP contribution is 2.33. The van der Waals surface area contributed by atoms with E-state index in [1.165, 1.54) is 0 Å². The predicted molar refractivity (Wildman–Crippen MR) is 55.0 cm³/mol. The molecule has 7 heteroatoms. The van der Waals surface area contributed by atoms with Crippen LogP contribution in [0, 0.1) is 5.82 Å². The van der Waals surface area contributed by atoms with Gasteiger partial charge < -0.3 is 5.73 Å². The van der Waals surface area contributed by atoms with Gasteiger partial charge in [-0.1, -0.05) is 23.2 Å². The lowest BCUT2D eigenvalue weighted by Gasteiger charge is -2.03. The molecule has 0 aliphatic heterocycles. The highest BCUT2D eigenvalue weighted by atomic mass is 35.5. The van der Waals surface area contributed by atoms with Crippen molar-refractivity contribution in [1.82, 2.24) is 5.43 Å². The van der Waals surface area contributed by atoms with Gasteiger partial charge in [-0.15, -0.1) is 0 Å². The number of hydrogen-bond acceptors (Lipinski definition) is 2. The van der Waals surface area contributed by atoms with E-state index in [2.05, 4.69) is 10.4 Å². The fraction of sp³-hybridized carbons (Fsp3) is 0. The molecule has 0 bridgehead atoms. The maximum absolute atomic E-state index is 12.7. The van der Waals surface area contributed by atoms with Gasteiger partial charge in [0.15, 0.2) is 0 Å². The highest BCUT2D eigenvalue weighted by molar-refractivity contribution is 6.38. The largest absolute Gasteiger partial charge is 0.369 e. The average Bonchev–Trinajstić information content (AvgIpc) is 2.10. The van der Waals surface area contributed by atoms with Gasteiger partial charge in [0.1, 0.15) is 11.5 Å². The van der Waals surface area contributed by atoms with Crippen molar-refractivity contribution in [3.05, 3.63) is 28.0 Å². The molecule has 0 aliphatic carbocycles. The summed E-state index contributed by atoms with van der Waals surface area (Å²) >= 11 is 11.4. The minimum atomic E-state index is -0.543. The molecule has 0 atom stereocenters. The molecule has 1 aromatic carbocycles. The first kappa shape index (κ1) is 11.0. The van der Waals surface area contributed by atoms with Crippen molar-refractivity contribution >= 4 is 34.8 Å². The number of benzene rings is 1. The van der Waals surface area contributed by atoms with Crippen LogP contribution >= 0.6 is 23.2 Å². The molecule has 0 saturated heterocycles. The molecule has 0 aromatic heterocycles. The van der Waals surface area contributed by atoms with E-state index in [-0.39, 0.29) is 21.7 Å². The van der Waals surface area contributed by atoms with Crippen molar-refractivity contribution < 1.29 is 4.39 Å². The number of nitrogens with two attached hydrogens (primary N) is 2. The molecule has 0 radical (unpaired) electrons. The molecule has 4 nitrogen and oxygen atoms in total. The summed E-state index contributed by atoms with van der Waals surface area (Å²) in [6.07, 6.45) is 0. The minimum Gasteiger partial charge on any atom is -0.369 e. The molecule has 5 N–H and O–H groups in total. The third kappa shape index (κ3) is 2.47. The summed E-state index contributed by atoms with van der Waals surface area (Å²) < 4.78 is 12.7. The first-order valence-corrected chi connectivity index (χ1v) is 4.25. The Bertz CT molecular complexity index is 357. The van der Waals surface area contributed by atoms with Gasteiger partial charge in [0.05, 0.1) is 10.0 Å². The Balaban J connectivity index is 3.21. The Morgan fingerprint density at radius 2 is 1.86 bits per heavy atom. The van der Waals surface area contributed by atoms with Gasteiger partial charge >= 0.3 is 0 Å². The summed E-state index contributed by atoms with van der Waals surface area (Å²) in [4.78, 5) is 3.75. The lowest BCUT2D eigenvalue weighted by molar-refractivity contribution is 0.628. The van der Waals surface area contributed by atoms with Crippen molar-refractivity contribution in [2.24, 2.45) is 16.6 Å². The number of aliphatic imine (C=N–C) groups is 1. The van der Waals surface area contributed by atoms with Crippen molar-refractivity contribution in [3.8, 4) is 0 Å². The summed E-state index contributed by atoms with van der Waals surface area (Å²) in [5.74, 6) is 4.37. The molecular weight excluding hydrogens is 230 g/mol. The van der Waals surface area contributed by atoms with Crippen LogP contribution in [0.4, 0.5) is 10.1 Å². The molecule has 0 heterocycles. The number of guanidine groups is 1. The lowest BCUT2D eigenvalue weighted by atomic mass is 10.3. The van der Waals surface area contributed by atoms with E-state index in [1.54, 1.807) is 0 Å². The zero-order chi connectivity index (χ0) is 10.7. The van der Waals surface area contributed by atoms with Crippen LogP contribution in [-0.4, -0.2) is 5.96 Å². The number of nitrogens with one attached hydrogen (secondary N) is 1. The van der Waals surface area contributed by atoms with E-state index >= 15 is 0 Å². The second-order valence-electron chi connectivity index (χ2n) is 2.36. The van der Waals surface area contributed by atoms with Crippen molar-refractivity contribution in [2.45, 2.75) is 0 Å². The minimum absolute atomic E-state index is 0.0631. The van der Waals surface area contributed by atoms with Gasteiger partial charge in [-0.2, -0.15) is 0 Å². The van der Waals surface area contributed by atoms with Gasteiger partial charge in [-0.05, 0) is 12.1 Å². The van der Waals surface area contributed by atoms with Crippen LogP contribution in [0.5, 0.6) is 0 Å². The molecule has 0 unspecified atom stereocenters. The second kappa shape index (κ2) is 4.45. The molecule has 14 heavy (non-hydrogen) atoms. The number of hydrazine groups is 1. The number of hydrogen-bond donors (Lipinski definition) is 3.